The topological polar surface area (TPSA) is 212 Å². The molecule has 1 aromatic heterocycles. The van der Waals surface area contributed by atoms with Crippen LogP contribution in [0.25, 0.3) is 10.9 Å². The fourth-order valence-corrected chi connectivity index (χ4v) is 11.4. The SMILES string of the molecule is CCCCCCCCCCCCCCCCOCCCOP(=O)(O)O[C@H](CN1C[C@H]2CCCC[C@H]2C[C@H]1C(=O)NC(C)(C)C)[C@H](Cc1ccccc1)NC(=O)[C@H](CC(N)=O)NC(=O)c1ccc2ccccc2n1. The van der Waals surface area contributed by atoms with Crippen molar-refractivity contribution in [1.82, 2.24) is 25.8 Å². The van der Waals surface area contributed by atoms with E-state index in [4.69, 9.17) is 19.5 Å². The number of benzene rings is 2. The molecule has 2 aromatic carbocycles. The van der Waals surface area contributed by atoms with Crippen LogP contribution in [-0.4, -0.2) is 101 Å². The molecule has 5 rings (SSSR count). The second-order valence-electron chi connectivity index (χ2n) is 21.6. The summed E-state index contributed by atoms with van der Waals surface area (Å²) in [5.74, 6) is -1.79. The summed E-state index contributed by atoms with van der Waals surface area (Å²) in [7, 11) is -4.83. The van der Waals surface area contributed by atoms with E-state index in [1.807, 2.05) is 68.1 Å². The molecule has 1 saturated heterocycles. The molecule has 4 amide bonds. The number of hydrogen-bond donors (Lipinski definition) is 5. The van der Waals surface area contributed by atoms with Crippen LogP contribution >= 0.6 is 7.82 Å². The predicted molar refractivity (Wildman–Crippen MR) is 289 cm³/mol. The van der Waals surface area contributed by atoms with Crippen molar-refractivity contribution in [3.63, 3.8) is 0 Å². The monoisotopic (exact) mass is 1030 g/mol. The van der Waals surface area contributed by atoms with Crippen molar-refractivity contribution >= 4 is 42.4 Å². The van der Waals surface area contributed by atoms with E-state index in [1.165, 1.54) is 83.1 Å². The molecule has 0 bridgehead atoms. The third kappa shape index (κ3) is 22.2. The highest BCUT2D eigenvalue weighted by molar-refractivity contribution is 7.47. The number of unbranched alkanes of at least 4 members (excludes halogenated alkanes) is 13. The molecule has 6 N–H and O–H groups in total. The number of piperidine rings is 1. The highest BCUT2D eigenvalue weighted by Crippen LogP contribution is 2.46. The van der Waals surface area contributed by atoms with Gasteiger partial charge in [0.05, 0.1) is 30.6 Å². The number of rotatable bonds is 34. The largest absolute Gasteiger partial charge is 0.472 e. The summed E-state index contributed by atoms with van der Waals surface area (Å²) in [5, 5.41) is 9.64. The molecule has 1 aliphatic heterocycles. The number of phosphoric acid groups is 1. The van der Waals surface area contributed by atoms with E-state index in [-0.39, 0.29) is 31.2 Å². The van der Waals surface area contributed by atoms with Gasteiger partial charge in [-0.1, -0.05) is 164 Å². The van der Waals surface area contributed by atoms with Crippen LogP contribution in [0.1, 0.15) is 179 Å². The molecule has 0 radical (unpaired) electrons. The van der Waals surface area contributed by atoms with Gasteiger partial charge in [-0.2, -0.15) is 0 Å². The number of fused-ring (bicyclic) bond motifs is 2. The van der Waals surface area contributed by atoms with Crippen LogP contribution < -0.4 is 21.7 Å². The summed E-state index contributed by atoms with van der Waals surface area (Å²) < 4.78 is 31.8. The zero-order chi connectivity index (χ0) is 52.5. The molecule has 2 fully saturated rings. The van der Waals surface area contributed by atoms with E-state index in [0.29, 0.717) is 50.0 Å². The molecule has 15 nitrogen and oxygen atoms in total. The lowest BCUT2D eigenvalue weighted by atomic mass is 9.72. The van der Waals surface area contributed by atoms with Crippen LogP contribution in [0, 0.1) is 11.8 Å². The number of nitrogens with two attached hydrogens (primary N) is 1. The Morgan fingerprint density at radius 1 is 0.781 bits per heavy atom. The molecule has 406 valence electrons. The maximum absolute atomic E-state index is 14.5. The van der Waals surface area contributed by atoms with E-state index >= 15 is 0 Å². The minimum atomic E-state index is -4.83. The second-order valence-corrected chi connectivity index (χ2v) is 23.1. The third-order valence-corrected chi connectivity index (χ3v) is 15.3. The number of hydrogen-bond acceptors (Lipinski definition) is 10. The highest BCUT2D eigenvalue weighted by Gasteiger charge is 2.44. The van der Waals surface area contributed by atoms with Crippen LogP contribution in [0.15, 0.2) is 66.7 Å². The number of nitrogens with zero attached hydrogens (tertiary/aromatic N) is 2. The van der Waals surface area contributed by atoms with E-state index in [9.17, 15) is 28.6 Å². The first-order valence-corrected chi connectivity index (χ1v) is 29.2. The maximum atomic E-state index is 14.5. The van der Waals surface area contributed by atoms with Gasteiger partial charge in [-0.3, -0.25) is 33.1 Å². The normalized spacial score (nSPS) is 19.3. The molecule has 73 heavy (non-hydrogen) atoms. The van der Waals surface area contributed by atoms with Crippen molar-refractivity contribution in [3.8, 4) is 0 Å². The Labute approximate surface area is 436 Å². The van der Waals surface area contributed by atoms with Crippen molar-refractivity contribution in [3.05, 3.63) is 78.0 Å². The lowest BCUT2D eigenvalue weighted by Crippen LogP contribution is -2.61. The average Bonchev–Trinajstić information content (AvgIpc) is 3.35. The highest BCUT2D eigenvalue weighted by atomic mass is 31.2. The Morgan fingerprint density at radius 2 is 1.40 bits per heavy atom. The Bertz CT molecular complexity index is 2170. The van der Waals surface area contributed by atoms with Crippen molar-refractivity contribution < 1.29 is 42.4 Å². The fraction of sp³-hybridized carbons (Fsp3) is 0.667. The maximum Gasteiger partial charge on any atom is 0.472 e. The smallest absolute Gasteiger partial charge is 0.381 e. The number of ether oxygens (including phenoxy) is 1. The van der Waals surface area contributed by atoms with Gasteiger partial charge in [0.2, 0.25) is 17.7 Å². The molecule has 7 atom stereocenters. The zero-order valence-corrected chi connectivity index (χ0v) is 45.4. The first kappa shape index (κ1) is 59.6. The van der Waals surface area contributed by atoms with Gasteiger partial charge in [0, 0.05) is 37.2 Å². The van der Waals surface area contributed by atoms with Crippen LogP contribution in [0.2, 0.25) is 0 Å². The molecular formula is C57H89N6O9P. The number of aromatic nitrogens is 1. The van der Waals surface area contributed by atoms with Gasteiger partial charge in [-0.05, 0) is 82.4 Å². The number of likely N-dealkylation sites (tertiary alicyclic amines) is 1. The number of carbonyl (C=O) groups is 4. The van der Waals surface area contributed by atoms with E-state index < -0.39 is 61.7 Å². The molecule has 0 spiro atoms. The molecule has 1 aliphatic carbocycles. The van der Waals surface area contributed by atoms with Crippen LogP contribution in [-0.2, 0) is 39.2 Å². The molecular weight excluding hydrogens is 944 g/mol. The quantitative estimate of drug-likeness (QED) is 0.0281. The van der Waals surface area contributed by atoms with Gasteiger partial charge in [-0.25, -0.2) is 9.55 Å². The summed E-state index contributed by atoms with van der Waals surface area (Å²) >= 11 is 0. The lowest BCUT2D eigenvalue weighted by Gasteiger charge is -2.47. The van der Waals surface area contributed by atoms with Crippen LogP contribution in [0.3, 0.4) is 0 Å². The van der Waals surface area contributed by atoms with E-state index in [2.05, 4.69) is 27.9 Å². The summed E-state index contributed by atoms with van der Waals surface area (Å²) in [6.07, 6.45) is 21.4. The van der Waals surface area contributed by atoms with Crippen molar-refractivity contribution in [1.29, 1.82) is 0 Å². The number of primary amides is 1. The second kappa shape index (κ2) is 31.6. The minimum absolute atomic E-state index is 0.0205. The predicted octanol–water partition coefficient (Wildman–Crippen LogP) is 10.1. The molecule has 1 unspecified atom stereocenters. The summed E-state index contributed by atoms with van der Waals surface area (Å²) in [5.41, 5.74) is 6.54. The number of nitrogens with one attached hydrogen (secondary N) is 3. The zero-order valence-electron chi connectivity index (χ0n) is 44.5. The number of pyridine rings is 1. The first-order chi connectivity index (χ1) is 35.1. The minimum Gasteiger partial charge on any atom is -0.381 e. The first-order valence-electron chi connectivity index (χ1n) is 27.7. The van der Waals surface area contributed by atoms with Crippen molar-refractivity contribution in [2.75, 3.05) is 32.9 Å². The average molecular weight is 1030 g/mol. The Kier molecular flexibility index (Phi) is 25.8. The van der Waals surface area contributed by atoms with Crippen LogP contribution in [0.5, 0.6) is 0 Å². The van der Waals surface area contributed by atoms with Gasteiger partial charge >= 0.3 is 7.82 Å². The molecule has 16 heteroatoms. The lowest BCUT2D eigenvalue weighted by molar-refractivity contribution is -0.133. The Hall–Kier alpha value is -4.24. The summed E-state index contributed by atoms with van der Waals surface area (Å²) in [4.78, 5) is 72.9. The fourth-order valence-electron chi connectivity index (χ4n) is 10.4. The van der Waals surface area contributed by atoms with E-state index in [0.717, 1.165) is 49.5 Å². The number of amides is 4. The van der Waals surface area contributed by atoms with Crippen molar-refractivity contribution in [2.24, 2.45) is 17.6 Å². The number of para-hydroxylation sites is 1. The van der Waals surface area contributed by atoms with Gasteiger partial charge in [0.25, 0.3) is 5.91 Å². The molecule has 2 heterocycles. The number of phosphoric ester groups is 1. The number of carbonyl (C=O) groups excluding carboxylic acids is 4. The van der Waals surface area contributed by atoms with Crippen molar-refractivity contribution in [2.45, 2.75) is 199 Å². The molecule has 2 aliphatic rings. The van der Waals surface area contributed by atoms with Gasteiger partial charge < -0.3 is 31.3 Å². The summed E-state index contributed by atoms with van der Waals surface area (Å²) in [6, 6.07) is 16.8. The van der Waals surface area contributed by atoms with E-state index in [1.54, 1.807) is 18.2 Å². The Morgan fingerprint density at radius 3 is 2.05 bits per heavy atom. The third-order valence-electron chi connectivity index (χ3n) is 14.2. The van der Waals surface area contributed by atoms with Gasteiger partial charge in [-0.15, -0.1) is 0 Å². The standard InChI is InChI=1S/C57H89N6O9P/c1-5-6-7-8-9-10-11-12-13-14-15-16-17-25-35-70-36-26-37-71-73(68,69)72-52(42-63-41-46-31-22-21-30-45(46)39-51(63)56(67)62-57(2,3)4)49(38-43-27-19-18-20-28-43)60-55(66)50(40-53(58)64)61-54(65)48-34-33-44-29-23-24-32-47(44)59-48/h18-20,23-24,27-29,32-34,45-46,49-52H,5-17,21-22,25-26,30-31,35-42H2,1-4H3,(H2,58,64)(H,60,66)(H,61,65)(H,62,67)(H,68,69)/t45-,46+,49-,50-,51-,52+/m0/s1. The van der Waals surface area contributed by atoms with Crippen LogP contribution in [0.4, 0.5) is 0 Å². The molecule has 3 aromatic rings. The Balaban J connectivity index is 1.27. The summed E-state index contributed by atoms with van der Waals surface area (Å²) in [6.45, 7) is 9.41. The van der Waals surface area contributed by atoms with Gasteiger partial charge in [0.15, 0.2) is 0 Å². The molecule has 1 saturated carbocycles. The van der Waals surface area contributed by atoms with Gasteiger partial charge in [0.1, 0.15) is 17.8 Å².